The number of nitro groups is 1. The van der Waals surface area contributed by atoms with Crippen LogP contribution in [0, 0.1) is 10.1 Å². The lowest BCUT2D eigenvalue weighted by atomic mass is 10.3. The van der Waals surface area contributed by atoms with Gasteiger partial charge >= 0.3 is 0 Å². The number of hydrogen-bond acceptors (Lipinski definition) is 6. The Kier molecular flexibility index (Phi) is 4.76. The first-order valence-electron chi connectivity index (χ1n) is 6.66. The Morgan fingerprint density at radius 1 is 1.33 bits per heavy atom. The molecule has 1 aromatic carbocycles. The summed E-state index contributed by atoms with van der Waals surface area (Å²) in [6.45, 7) is 2.94. The third-order valence-corrected chi connectivity index (χ3v) is 4.88. The first-order valence-corrected chi connectivity index (χ1v) is 8.14. The van der Waals surface area contributed by atoms with Crippen molar-refractivity contribution in [1.29, 1.82) is 0 Å². The number of rotatable bonds is 6. The molecule has 116 valence electrons. The third-order valence-electron chi connectivity index (χ3n) is 3.42. The maximum Gasteiger partial charge on any atom is 0.292 e. The van der Waals surface area contributed by atoms with Gasteiger partial charge in [-0.3, -0.25) is 10.1 Å². The second-order valence-corrected chi connectivity index (χ2v) is 6.69. The minimum absolute atomic E-state index is 0.0629. The molecule has 0 radical (unpaired) electrons. The fourth-order valence-corrected chi connectivity index (χ4v) is 3.35. The number of nitrogen functional groups attached to an aromatic ring is 1. The van der Waals surface area contributed by atoms with Gasteiger partial charge in [0, 0.05) is 19.2 Å². The normalized spacial score (nSPS) is 16.2. The molecule has 0 saturated carbocycles. The Balaban J connectivity index is 2.01. The number of benzene rings is 1. The first-order chi connectivity index (χ1) is 9.90. The van der Waals surface area contributed by atoms with Crippen LogP contribution in [-0.2, 0) is 10.0 Å². The Labute approximate surface area is 123 Å². The van der Waals surface area contributed by atoms with E-state index in [0.29, 0.717) is 13.1 Å². The van der Waals surface area contributed by atoms with Crippen molar-refractivity contribution in [3.05, 3.63) is 28.3 Å². The Morgan fingerprint density at radius 3 is 2.57 bits per heavy atom. The Hall–Kier alpha value is -1.71. The van der Waals surface area contributed by atoms with Crippen molar-refractivity contribution in [2.75, 3.05) is 31.9 Å². The maximum absolute atomic E-state index is 12.1. The summed E-state index contributed by atoms with van der Waals surface area (Å²) in [4.78, 5) is 12.1. The zero-order chi connectivity index (χ0) is 15.5. The monoisotopic (exact) mass is 314 g/mol. The van der Waals surface area contributed by atoms with Crippen LogP contribution in [0.3, 0.4) is 0 Å². The van der Waals surface area contributed by atoms with Gasteiger partial charge in [0.2, 0.25) is 10.0 Å². The van der Waals surface area contributed by atoms with Crippen LogP contribution in [0.1, 0.15) is 12.8 Å². The molecular formula is C12H18N4O4S. The van der Waals surface area contributed by atoms with E-state index in [2.05, 4.69) is 9.62 Å². The number of nitro benzene ring substituents is 1. The molecular weight excluding hydrogens is 296 g/mol. The average molecular weight is 314 g/mol. The molecule has 0 aromatic heterocycles. The molecule has 8 nitrogen and oxygen atoms in total. The molecule has 1 fully saturated rings. The van der Waals surface area contributed by atoms with Gasteiger partial charge < -0.3 is 10.6 Å². The molecule has 0 amide bonds. The summed E-state index contributed by atoms with van der Waals surface area (Å²) in [6.07, 6.45) is 2.29. The van der Waals surface area contributed by atoms with Crippen LogP contribution >= 0.6 is 0 Å². The molecule has 9 heteroatoms. The number of hydrogen-bond donors (Lipinski definition) is 2. The van der Waals surface area contributed by atoms with Crippen LogP contribution in [0.25, 0.3) is 0 Å². The van der Waals surface area contributed by atoms with E-state index in [9.17, 15) is 18.5 Å². The van der Waals surface area contributed by atoms with E-state index in [0.717, 1.165) is 38.1 Å². The smallest absolute Gasteiger partial charge is 0.292 e. The molecule has 0 spiro atoms. The number of nitrogens with two attached hydrogens (primary N) is 1. The Bertz CT molecular complexity index is 626. The molecule has 1 heterocycles. The Morgan fingerprint density at radius 2 is 2.00 bits per heavy atom. The average Bonchev–Trinajstić information content (AvgIpc) is 2.91. The van der Waals surface area contributed by atoms with E-state index in [1.165, 1.54) is 6.07 Å². The van der Waals surface area contributed by atoms with Crippen molar-refractivity contribution in [3.63, 3.8) is 0 Å². The summed E-state index contributed by atoms with van der Waals surface area (Å²) in [6, 6.07) is 3.40. The van der Waals surface area contributed by atoms with Crippen LogP contribution < -0.4 is 10.5 Å². The maximum atomic E-state index is 12.1. The summed E-state index contributed by atoms with van der Waals surface area (Å²) in [5.74, 6) is 0. The molecule has 0 aliphatic carbocycles. The van der Waals surface area contributed by atoms with E-state index in [4.69, 9.17) is 5.73 Å². The van der Waals surface area contributed by atoms with Gasteiger partial charge in [0.25, 0.3) is 5.69 Å². The largest absolute Gasteiger partial charge is 0.393 e. The van der Waals surface area contributed by atoms with Crippen molar-refractivity contribution in [2.45, 2.75) is 17.7 Å². The van der Waals surface area contributed by atoms with Crippen molar-refractivity contribution < 1.29 is 13.3 Å². The van der Waals surface area contributed by atoms with Crippen molar-refractivity contribution >= 4 is 21.4 Å². The zero-order valence-corrected chi connectivity index (χ0v) is 12.3. The lowest BCUT2D eigenvalue weighted by Crippen LogP contribution is -2.33. The number of sulfonamides is 1. The number of nitrogens with zero attached hydrogens (tertiary/aromatic N) is 2. The van der Waals surface area contributed by atoms with Gasteiger partial charge in [0.1, 0.15) is 5.69 Å². The van der Waals surface area contributed by atoms with E-state index in [1.54, 1.807) is 0 Å². The molecule has 1 aliphatic rings. The lowest BCUT2D eigenvalue weighted by Gasteiger charge is -2.14. The molecule has 3 N–H and O–H groups in total. The molecule has 1 aliphatic heterocycles. The van der Waals surface area contributed by atoms with E-state index >= 15 is 0 Å². The number of likely N-dealkylation sites (tertiary alicyclic amines) is 1. The van der Waals surface area contributed by atoms with Crippen LogP contribution in [0.2, 0.25) is 0 Å². The van der Waals surface area contributed by atoms with E-state index in [1.807, 2.05) is 0 Å². The highest BCUT2D eigenvalue weighted by Gasteiger charge is 2.19. The van der Waals surface area contributed by atoms with Crippen LogP contribution in [0.4, 0.5) is 11.4 Å². The lowest BCUT2D eigenvalue weighted by molar-refractivity contribution is -0.383. The summed E-state index contributed by atoms with van der Waals surface area (Å²) in [5.41, 5.74) is 5.04. The highest BCUT2D eigenvalue weighted by molar-refractivity contribution is 7.89. The summed E-state index contributed by atoms with van der Waals surface area (Å²) < 4.78 is 26.7. The van der Waals surface area contributed by atoms with Gasteiger partial charge in [-0.05, 0) is 38.1 Å². The zero-order valence-electron chi connectivity index (χ0n) is 11.5. The van der Waals surface area contributed by atoms with E-state index < -0.39 is 14.9 Å². The first kappa shape index (κ1) is 15.7. The summed E-state index contributed by atoms with van der Waals surface area (Å²) >= 11 is 0. The molecule has 0 unspecified atom stereocenters. The van der Waals surface area contributed by atoms with Crippen molar-refractivity contribution in [2.24, 2.45) is 0 Å². The predicted octanol–water partition coefficient (Wildman–Crippen LogP) is 0.551. The quantitative estimate of drug-likeness (QED) is 0.450. The molecule has 0 atom stereocenters. The van der Waals surface area contributed by atoms with Gasteiger partial charge in [-0.2, -0.15) is 0 Å². The van der Waals surface area contributed by atoms with Gasteiger partial charge in [0.15, 0.2) is 0 Å². The summed E-state index contributed by atoms with van der Waals surface area (Å²) in [7, 11) is -3.70. The fraction of sp³-hybridized carbons (Fsp3) is 0.500. The second kappa shape index (κ2) is 6.37. The highest BCUT2D eigenvalue weighted by Crippen LogP contribution is 2.24. The van der Waals surface area contributed by atoms with Crippen molar-refractivity contribution in [3.8, 4) is 0 Å². The van der Waals surface area contributed by atoms with Crippen molar-refractivity contribution in [1.82, 2.24) is 9.62 Å². The molecule has 1 aromatic rings. The third kappa shape index (κ3) is 3.90. The predicted molar refractivity (Wildman–Crippen MR) is 78.4 cm³/mol. The second-order valence-electron chi connectivity index (χ2n) is 4.92. The van der Waals surface area contributed by atoms with E-state index in [-0.39, 0.29) is 16.3 Å². The molecule has 2 rings (SSSR count). The minimum Gasteiger partial charge on any atom is -0.393 e. The van der Waals surface area contributed by atoms with Gasteiger partial charge in [-0.25, -0.2) is 13.1 Å². The van der Waals surface area contributed by atoms with Crippen LogP contribution in [-0.4, -0.2) is 44.4 Å². The highest BCUT2D eigenvalue weighted by atomic mass is 32.2. The van der Waals surface area contributed by atoms with Gasteiger partial charge in [-0.1, -0.05) is 0 Å². The minimum atomic E-state index is -3.70. The van der Waals surface area contributed by atoms with Gasteiger partial charge in [-0.15, -0.1) is 0 Å². The number of nitrogens with one attached hydrogen (secondary N) is 1. The topological polar surface area (TPSA) is 119 Å². The fourth-order valence-electron chi connectivity index (χ4n) is 2.29. The summed E-state index contributed by atoms with van der Waals surface area (Å²) in [5, 5.41) is 10.7. The number of anilines is 1. The standard InChI is InChI=1S/C12H18N4O4S/c13-11-9-10(3-4-12(11)16(17)18)21(19,20)14-5-8-15-6-1-2-7-15/h3-4,9,14H,1-2,5-8,13H2. The SMILES string of the molecule is Nc1cc(S(=O)(=O)NCCN2CCCC2)ccc1[N+](=O)[O-]. The van der Waals surface area contributed by atoms with Crippen LogP contribution in [0.5, 0.6) is 0 Å². The molecule has 0 bridgehead atoms. The molecule has 21 heavy (non-hydrogen) atoms. The molecule has 1 saturated heterocycles. The van der Waals surface area contributed by atoms with Gasteiger partial charge in [0.05, 0.1) is 9.82 Å². The van der Waals surface area contributed by atoms with Crippen LogP contribution in [0.15, 0.2) is 23.1 Å².